The third-order valence-corrected chi connectivity index (χ3v) is 3.80. The van der Waals surface area contributed by atoms with E-state index in [1.165, 1.54) is 0 Å². The fraction of sp³-hybridized carbons (Fsp3) is 0.0833. The molecule has 1 N–H and O–H groups in total. The van der Waals surface area contributed by atoms with Gasteiger partial charge in [0.05, 0.1) is 21.8 Å². The average molecular weight is 312 g/mol. The highest BCUT2D eigenvalue weighted by Gasteiger charge is 2.12. The van der Waals surface area contributed by atoms with Crippen LogP contribution < -0.4 is 5.32 Å². The fourth-order valence-corrected chi connectivity index (χ4v) is 2.35. The Labute approximate surface area is 123 Å². The van der Waals surface area contributed by atoms with E-state index in [4.69, 9.17) is 28.5 Å². The number of hydrogen-bond acceptors (Lipinski definition) is 4. The molecule has 7 heteroatoms. The van der Waals surface area contributed by atoms with Crippen molar-refractivity contribution in [1.82, 2.24) is 9.69 Å². The molecule has 2 rings (SSSR count). The minimum atomic E-state index is -0.314. The van der Waals surface area contributed by atoms with E-state index in [1.807, 2.05) is 6.07 Å². The molecule has 96 valence electrons. The molecule has 0 saturated carbocycles. The van der Waals surface area contributed by atoms with E-state index >= 15 is 0 Å². The summed E-state index contributed by atoms with van der Waals surface area (Å²) < 4.78 is 4.18. The van der Waals surface area contributed by atoms with Crippen LogP contribution in [0.3, 0.4) is 0 Å². The van der Waals surface area contributed by atoms with Gasteiger partial charge < -0.3 is 5.32 Å². The molecule has 1 aromatic heterocycles. The molecule has 0 aliphatic carbocycles. The number of carbonyl (C=O) groups is 1. The van der Waals surface area contributed by atoms with E-state index in [1.54, 1.807) is 24.3 Å². The van der Waals surface area contributed by atoms with Gasteiger partial charge in [-0.15, -0.1) is 0 Å². The molecule has 0 spiro atoms. The second-order valence-corrected chi connectivity index (χ2v) is 5.17. The molecular weight excluding hydrogens is 305 g/mol. The Morgan fingerprint density at radius 1 is 1.37 bits per heavy atom. The van der Waals surface area contributed by atoms with Crippen molar-refractivity contribution in [1.29, 1.82) is 5.26 Å². The van der Waals surface area contributed by atoms with Crippen molar-refractivity contribution in [3.8, 4) is 17.3 Å². The van der Waals surface area contributed by atoms with Crippen molar-refractivity contribution in [2.75, 3.05) is 6.54 Å². The monoisotopic (exact) mass is 311 g/mol. The summed E-state index contributed by atoms with van der Waals surface area (Å²) in [6.45, 7) is -0.0289. The molecule has 0 aliphatic heterocycles. The van der Waals surface area contributed by atoms with Gasteiger partial charge >= 0.3 is 0 Å². The predicted molar refractivity (Wildman–Crippen MR) is 75.5 cm³/mol. The van der Waals surface area contributed by atoms with Gasteiger partial charge in [-0.1, -0.05) is 29.3 Å². The zero-order chi connectivity index (χ0) is 13.8. The summed E-state index contributed by atoms with van der Waals surface area (Å²) in [5, 5.41) is 11.8. The van der Waals surface area contributed by atoms with Gasteiger partial charge in [0.1, 0.15) is 11.4 Å². The molecule has 2 aromatic rings. The first kappa shape index (κ1) is 13.8. The smallest absolute Gasteiger partial charge is 0.263 e. The van der Waals surface area contributed by atoms with Crippen LogP contribution in [0.25, 0.3) is 11.3 Å². The molecule has 1 amide bonds. The van der Waals surface area contributed by atoms with Crippen molar-refractivity contribution < 1.29 is 4.79 Å². The minimum absolute atomic E-state index is 0.0289. The molecule has 1 aromatic carbocycles. The van der Waals surface area contributed by atoms with Gasteiger partial charge in [-0.05, 0) is 29.7 Å². The number of hydrogen-bond donors (Lipinski definition) is 1. The molecule has 0 bridgehead atoms. The maximum atomic E-state index is 11.6. The summed E-state index contributed by atoms with van der Waals surface area (Å²) in [6.07, 6.45) is 0. The summed E-state index contributed by atoms with van der Waals surface area (Å²) in [4.78, 5) is 12.1. The molecule has 0 aliphatic rings. The number of nitrogens with one attached hydrogen (secondary N) is 1. The van der Waals surface area contributed by atoms with Crippen LogP contribution in [-0.4, -0.2) is 16.8 Å². The second kappa shape index (κ2) is 6.02. The molecule has 4 nitrogen and oxygen atoms in total. The van der Waals surface area contributed by atoms with Crippen LogP contribution in [0.4, 0.5) is 0 Å². The van der Waals surface area contributed by atoms with Crippen LogP contribution in [0, 0.1) is 11.3 Å². The van der Waals surface area contributed by atoms with E-state index in [-0.39, 0.29) is 12.5 Å². The van der Waals surface area contributed by atoms with E-state index in [0.29, 0.717) is 20.6 Å². The Morgan fingerprint density at radius 3 is 2.84 bits per heavy atom. The second-order valence-electron chi connectivity index (χ2n) is 3.55. The lowest BCUT2D eigenvalue weighted by molar-refractivity contribution is 0.0962. The maximum Gasteiger partial charge on any atom is 0.263 e. The van der Waals surface area contributed by atoms with Gasteiger partial charge in [0.25, 0.3) is 5.91 Å². The van der Waals surface area contributed by atoms with E-state index < -0.39 is 0 Å². The quantitative estimate of drug-likeness (QED) is 0.884. The van der Waals surface area contributed by atoms with Gasteiger partial charge in [-0.25, -0.2) is 0 Å². The molecule has 0 radical (unpaired) electrons. The van der Waals surface area contributed by atoms with Gasteiger partial charge in [0, 0.05) is 5.56 Å². The third kappa shape index (κ3) is 3.24. The summed E-state index contributed by atoms with van der Waals surface area (Å²) in [5.41, 5.74) is 1.43. The Morgan fingerprint density at radius 2 is 2.16 bits per heavy atom. The lowest BCUT2D eigenvalue weighted by Crippen LogP contribution is -2.22. The first-order chi connectivity index (χ1) is 9.11. The lowest BCUT2D eigenvalue weighted by atomic mass is 10.1. The van der Waals surface area contributed by atoms with Crippen LogP contribution in [0.15, 0.2) is 24.3 Å². The zero-order valence-corrected chi connectivity index (χ0v) is 11.8. The van der Waals surface area contributed by atoms with Crippen LogP contribution in [0.5, 0.6) is 0 Å². The molecule has 19 heavy (non-hydrogen) atoms. The summed E-state index contributed by atoms with van der Waals surface area (Å²) in [7, 11) is 0. The zero-order valence-electron chi connectivity index (χ0n) is 9.48. The van der Waals surface area contributed by atoms with Crippen molar-refractivity contribution in [3.05, 3.63) is 39.2 Å². The van der Waals surface area contributed by atoms with Crippen molar-refractivity contribution in [2.45, 2.75) is 0 Å². The number of aromatic nitrogens is 1. The lowest BCUT2D eigenvalue weighted by Gasteiger charge is -1.99. The number of nitrogens with zero attached hydrogens (tertiary/aromatic N) is 2. The highest BCUT2D eigenvalue weighted by Crippen LogP contribution is 2.29. The number of rotatable bonds is 3. The van der Waals surface area contributed by atoms with Gasteiger partial charge in [0.2, 0.25) is 0 Å². The van der Waals surface area contributed by atoms with E-state index in [0.717, 1.165) is 17.1 Å². The van der Waals surface area contributed by atoms with Crippen molar-refractivity contribution >= 4 is 40.6 Å². The predicted octanol–water partition coefficient (Wildman–Crippen LogP) is 3.37. The Bertz CT molecular complexity index is 663. The summed E-state index contributed by atoms with van der Waals surface area (Å²) >= 11 is 12.8. The van der Waals surface area contributed by atoms with Gasteiger partial charge in [-0.2, -0.15) is 9.64 Å². The number of carbonyl (C=O) groups excluding carboxylic acids is 1. The minimum Gasteiger partial charge on any atom is -0.338 e. The number of nitriles is 1. The SMILES string of the molecule is N#CCNC(=O)c1cc(-c2ccc(Cl)c(Cl)c2)ns1. The topological polar surface area (TPSA) is 65.8 Å². The highest BCUT2D eigenvalue weighted by molar-refractivity contribution is 7.08. The first-order valence-electron chi connectivity index (χ1n) is 5.19. The first-order valence-corrected chi connectivity index (χ1v) is 6.72. The van der Waals surface area contributed by atoms with E-state index in [9.17, 15) is 4.79 Å². The summed E-state index contributed by atoms with van der Waals surface area (Å²) in [5.74, 6) is -0.314. The molecule has 0 fully saturated rings. The highest BCUT2D eigenvalue weighted by atomic mass is 35.5. The molecular formula is C12H7Cl2N3OS. The van der Waals surface area contributed by atoms with Gasteiger partial charge in [-0.3, -0.25) is 4.79 Å². The summed E-state index contributed by atoms with van der Waals surface area (Å²) in [6, 6.07) is 8.63. The van der Waals surface area contributed by atoms with Crippen molar-refractivity contribution in [3.63, 3.8) is 0 Å². The number of amides is 1. The van der Waals surface area contributed by atoms with Crippen LogP contribution in [0.1, 0.15) is 9.67 Å². The van der Waals surface area contributed by atoms with Crippen LogP contribution in [-0.2, 0) is 0 Å². The van der Waals surface area contributed by atoms with Crippen molar-refractivity contribution in [2.24, 2.45) is 0 Å². The molecule has 0 unspecified atom stereocenters. The number of halogens is 2. The normalized spacial score (nSPS) is 9.95. The maximum absolute atomic E-state index is 11.6. The molecule has 0 atom stereocenters. The fourth-order valence-electron chi connectivity index (χ4n) is 1.38. The van der Waals surface area contributed by atoms with Crippen LogP contribution >= 0.6 is 34.7 Å². The van der Waals surface area contributed by atoms with Crippen LogP contribution in [0.2, 0.25) is 10.0 Å². The molecule has 1 heterocycles. The number of benzene rings is 1. The Hall–Kier alpha value is -1.61. The Kier molecular flexibility index (Phi) is 4.38. The Balaban J connectivity index is 2.23. The van der Waals surface area contributed by atoms with Gasteiger partial charge in [0.15, 0.2) is 0 Å². The van der Waals surface area contributed by atoms with E-state index in [2.05, 4.69) is 9.69 Å². The standard InChI is InChI=1S/C12H7Cl2N3OS/c13-8-2-1-7(5-9(8)14)10-6-11(19-17-10)12(18)16-4-3-15/h1-2,5-6H,4H2,(H,16,18). The largest absolute Gasteiger partial charge is 0.338 e. The third-order valence-electron chi connectivity index (χ3n) is 2.28. The average Bonchev–Trinajstić information content (AvgIpc) is 2.89. The molecule has 0 saturated heterocycles.